The second kappa shape index (κ2) is 5.03. The second-order valence-corrected chi connectivity index (χ2v) is 5.36. The van der Waals surface area contributed by atoms with Gasteiger partial charge in [0.1, 0.15) is 11.5 Å². The molecule has 7 heteroatoms. The monoisotopic (exact) mass is 302 g/mol. The van der Waals surface area contributed by atoms with Gasteiger partial charge in [-0.1, -0.05) is 5.16 Å². The van der Waals surface area contributed by atoms with E-state index in [-0.39, 0.29) is 13.3 Å². The fraction of sp³-hybridized carbons (Fsp3) is 0.333. The molecule has 114 valence electrons. The fourth-order valence-corrected chi connectivity index (χ4v) is 2.86. The molecule has 1 aromatic carbocycles. The molecular weight excluding hydrogens is 288 g/mol. The van der Waals surface area contributed by atoms with Crippen molar-refractivity contribution in [3.63, 3.8) is 0 Å². The van der Waals surface area contributed by atoms with Crippen LogP contribution in [-0.2, 0) is 17.8 Å². The van der Waals surface area contributed by atoms with Gasteiger partial charge in [0.25, 0.3) is 0 Å². The molecule has 4 rings (SSSR count). The third-order valence-corrected chi connectivity index (χ3v) is 3.91. The van der Waals surface area contributed by atoms with Crippen LogP contribution in [0.25, 0.3) is 11.3 Å². The summed E-state index contributed by atoms with van der Waals surface area (Å²) < 4.78 is 16.1. The Morgan fingerprint density at radius 2 is 2.18 bits per heavy atom. The first-order valence-electron chi connectivity index (χ1n) is 7.02. The lowest BCUT2D eigenvalue weighted by molar-refractivity contribution is -0.138. The topological polar surface area (TPSA) is 85.0 Å². The second-order valence-electron chi connectivity index (χ2n) is 5.36. The van der Waals surface area contributed by atoms with Crippen molar-refractivity contribution in [2.45, 2.75) is 13.0 Å². The molecule has 0 aliphatic carbocycles. The Morgan fingerprint density at radius 1 is 1.32 bits per heavy atom. The summed E-state index contributed by atoms with van der Waals surface area (Å²) in [5.74, 6) is 1.40. The van der Waals surface area contributed by atoms with Crippen molar-refractivity contribution in [2.24, 2.45) is 0 Å². The highest BCUT2D eigenvalue weighted by Crippen LogP contribution is 2.37. The predicted octanol–water partition coefficient (Wildman–Crippen LogP) is 1.51. The first-order valence-corrected chi connectivity index (χ1v) is 7.02. The first kappa shape index (κ1) is 13.1. The van der Waals surface area contributed by atoms with Crippen LogP contribution in [-0.4, -0.2) is 41.0 Å². The molecular formula is C15H14N2O5. The number of fused-ring (bicyclic) bond motifs is 2. The number of hydrogen-bond donors (Lipinski definition) is 1. The van der Waals surface area contributed by atoms with E-state index >= 15 is 0 Å². The van der Waals surface area contributed by atoms with Crippen molar-refractivity contribution in [1.82, 2.24) is 10.1 Å². The van der Waals surface area contributed by atoms with E-state index in [2.05, 4.69) is 5.16 Å². The lowest BCUT2D eigenvalue weighted by Crippen LogP contribution is -2.34. The van der Waals surface area contributed by atoms with Gasteiger partial charge in [-0.2, -0.15) is 0 Å². The number of ether oxygens (including phenoxy) is 2. The highest BCUT2D eigenvalue weighted by atomic mass is 16.7. The number of carboxylic acids is 1. The van der Waals surface area contributed by atoms with E-state index < -0.39 is 5.97 Å². The number of hydrogen-bond acceptors (Lipinski definition) is 6. The largest absolute Gasteiger partial charge is 0.480 e. The van der Waals surface area contributed by atoms with Crippen molar-refractivity contribution in [3.05, 3.63) is 29.5 Å². The van der Waals surface area contributed by atoms with Crippen LogP contribution < -0.4 is 9.47 Å². The third kappa shape index (κ3) is 2.19. The average Bonchev–Trinajstić information content (AvgIpc) is 3.11. The molecule has 0 spiro atoms. The van der Waals surface area contributed by atoms with Crippen LogP contribution in [0.1, 0.15) is 11.3 Å². The maximum atomic E-state index is 10.9. The molecule has 22 heavy (non-hydrogen) atoms. The van der Waals surface area contributed by atoms with E-state index in [0.29, 0.717) is 31.0 Å². The molecule has 3 heterocycles. The summed E-state index contributed by atoms with van der Waals surface area (Å²) in [6, 6.07) is 5.62. The Labute approximate surface area is 126 Å². The molecule has 0 fully saturated rings. The lowest BCUT2D eigenvalue weighted by atomic mass is 10.0. The maximum absolute atomic E-state index is 10.9. The number of carbonyl (C=O) groups is 1. The van der Waals surface area contributed by atoms with Gasteiger partial charge >= 0.3 is 5.97 Å². The summed E-state index contributed by atoms with van der Waals surface area (Å²) in [6.45, 7) is 1.43. The summed E-state index contributed by atoms with van der Waals surface area (Å²) in [6.07, 6.45) is 0.667. The first-order chi connectivity index (χ1) is 10.7. The summed E-state index contributed by atoms with van der Waals surface area (Å²) in [4.78, 5) is 12.8. The number of aliphatic carboxylic acids is 1. The van der Waals surface area contributed by atoms with Gasteiger partial charge in [-0.05, 0) is 18.2 Å². The molecule has 0 amide bonds. The molecule has 1 N–H and O–H groups in total. The van der Waals surface area contributed by atoms with Gasteiger partial charge in [-0.25, -0.2) is 0 Å². The molecule has 0 unspecified atom stereocenters. The van der Waals surface area contributed by atoms with E-state index in [1.165, 1.54) is 0 Å². The van der Waals surface area contributed by atoms with Crippen LogP contribution >= 0.6 is 0 Å². The summed E-state index contributed by atoms with van der Waals surface area (Å²) in [5, 5.41) is 13.1. The van der Waals surface area contributed by atoms with Crippen LogP contribution in [0.3, 0.4) is 0 Å². The number of carboxylic acid groups (broad SMARTS) is 1. The molecule has 0 atom stereocenters. The van der Waals surface area contributed by atoms with Crippen LogP contribution in [0.15, 0.2) is 22.7 Å². The zero-order valence-electron chi connectivity index (χ0n) is 11.7. The Kier molecular flexibility index (Phi) is 3.00. The molecule has 1 aromatic heterocycles. The van der Waals surface area contributed by atoms with Gasteiger partial charge in [-0.3, -0.25) is 9.69 Å². The van der Waals surface area contributed by atoms with Gasteiger partial charge in [0, 0.05) is 30.6 Å². The number of rotatable bonds is 3. The Balaban J connectivity index is 1.67. The average molecular weight is 302 g/mol. The van der Waals surface area contributed by atoms with Crippen molar-refractivity contribution < 1.29 is 23.9 Å². The normalized spacial score (nSPS) is 16.5. The maximum Gasteiger partial charge on any atom is 0.317 e. The molecule has 2 aliphatic rings. The quantitative estimate of drug-likeness (QED) is 0.919. The Bertz CT molecular complexity index is 740. The van der Waals surface area contributed by atoms with E-state index in [1.54, 1.807) is 0 Å². The summed E-state index contributed by atoms with van der Waals surface area (Å²) in [7, 11) is 0. The van der Waals surface area contributed by atoms with Crippen LogP contribution in [0.2, 0.25) is 0 Å². The zero-order chi connectivity index (χ0) is 15.1. The molecule has 2 aliphatic heterocycles. The smallest absolute Gasteiger partial charge is 0.317 e. The van der Waals surface area contributed by atoms with Crippen LogP contribution in [0.5, 0.6) is 11.5 Å². The van der Waals surface area contributed by atoms with Crippen LogP contribution in [0, 0.1) is 0 Å². The van der Waals surface area contributed by atoms with Crippen molar-refractivity contribution in [3.8, 4) is 22.8 Å². The molecule has 0 radical (unpaired) electrons. The zero-order valence-corrected chi connectivity index (χ0v) is 11.7. The van der Waals surface area contributed by atoms with Gasteiger partial charge in [-0.15, -0.1) is 0 Å². The molecule has 0 bridgehead atoms. The Hall–Kier alpha value is -2.54. The number of benzene rings is 1. The minimum Gasteiger partial charge on any atom is -0.480 e. The van der Waals surface area contributed by atoms with Gasteiger partial charge in [0.15, 0.2) is 11.5 Å². The third-order valence-electron chi connectivity index (χ3n) is 3.91. The minimum atomic E-state index is -0.829. The molecule has 0 saturated carbocycles. The van der Waals surface area contributed by atoms with E-state index in [9.17, 15) is 4.79 Å². The fourth-order valence-electron chi connectivity index (χ4n) is 2.86. The number of nitrogens with zero attached hydrogens (tertiary/aromatic N) is 2. The van der Waals surface area contributed by atoms with Crippen LogP contribution in [0.4, 0.5) is 0 Å². The standard InChI is InChI=1S/C15H14N2O5/c18-14(19)7-17-4-3-11-10(6-17)15(16-22-11)9-1-2-12-13(5-9)21-8-20-12/h1-2,5H,3-4,6-8H2,(H,18,19). The SMILES string of the molecule is O=C(O)CN1CCc2onc(-c3ccc4c(c3)OCO4)c2C1. The summed E-state index contributed by atoms with van der Waals surface area (Å²) in [5.41, 5.74) is 2.57. The lowest BCUT2D eigenvalue weighted by Gasteiger charge is -2.24. The van der Waals surface area contributed by atoms with Crippen molar-refractivity contribution >= 4 is 5.97 Å². The van der Waals surface area contributed by atoms with Crippen molar-refractivity contribution in [1.29, 1.82) is 0 Å². The minimum absolute atomic E-state index is 0.0190. The summed E-state index contributed by atoms with van der Waals surface area (Å²) >= 11 is 0. The van der Waals surface area contributed by atoms with E-state index in [4.69, 9.17) is 19.1 Å². The van der Waals surface area contributed by atoms with E-state index in [0.717, 1.165) is 22.6 Å². The van der Waals surface area contributed by atoms with Crippen molar-refractivity contribution in [2.75, 3.05) is 19.9 Å². The molecule has 2 aromatic rings. The van der Waals surface area contributed by atoms with Gasteiger partial charge < -0.3 is 19.1 Å². The molecule has 7 nitrogen and oxygen atoms in total. The predicted molar refractivity (Wildman–Crippen MR) is 74.7 cm³/mol. The van der Waals surface area contributed by atoms with Gasteiger partial charge in [0.05, 0.1) is 6.54 Å². The Morgan fingerprint density at radius 3 is 3.05 bits per heavy atom. The van der Waals surface area contributed by atoms with E-state index in [1.807, 2.05) is 23.1 Å². The van der Waals surface area contributed by atoms with Gasteiger partial charge in [0.2, 0.25) is 6.79 Å². The number of aromatic nitrogens is 1. The highest BCUT2D eigenvalue weighted by Gasteiger charge is 2.26. The molecule has 0 saturated heterocycles. The highest BCUT2D eigenvalue weighted by molar-refractivity contribution is 5.70.